The van der Waals surface area contributed by atoms with Gasteiger partial charge < -0.3 is 5.11 Å². The summed E-state index contributed by atoms with van der Waals surface area (Å²) in [5, 5.41) is 8.61. The first-order chi connectivity index (χ1) is 7.00. The summed E-state index contributed by atoms with van der Waals surface area (Å²) in [6, 6.07) is 8.01. The van der Waals surface area contributed by atoms with Gasteiger partial charge in [-0.1, -0.05) is 38.1 Å². The number of rotatable bonds is 3. The maximum atomic E-state index is 10.5. The van der Waals surface area contributed by atoms with Crippen LogP contribution in [0.15, 0.2) is 30.3 Å². The molecule has 0 radical (unpaired) electrons. The standard InChI is InChI=1S/C13H16O2/c1-9(2)11-4-6-12(7-5-11)10(3)8-13(14)15/h4-9H,1-3H3,(H,14,15)/b10-8+. The van der Waals surface area contributed by atoms with E-state index in [9.17, 15) is 4.79 Å². The zero-order valence-corrected chi connectivity index (χ0v) is 9.32. The second kappa shape index (κ2) is 4.78. The molecule has 0 aromatic heterocycles. The van der Waals surface area contributed by atoms with Crippen LogP contribution in [0.25, 0.3) is 5.57 Å². The zero-order chi connectivity index (χ0) is 11.4. The third kappa shape index (κ3) is 3.24. The first kappa shape index (κ1) is 11.5. The average Bonchev–Trinajstić information content (AvgIpc) is 2.17. The SMILES string of the molecule is C/C(=C\C(=O)O)c1ccc(C(C)C)cc1. The molecule has 0 atom stereocenters. The van der Waals surface area contributed by atoms with Gasteiger partial charge in [0.1, 0.15) is 0 Å². The number of benzene rings is 1. The Labute approximate surface area is 90.3 Å². The van der Waals surface area contributed by atoms with Crippen LogP contribution in [0.4, 0.5) is 0 Å². The van der Waals surface area contributed by atoms with Crippen molar-refractivity contribution in [1.29, 1.82) is 0 Å². The van der Waals surface area contributed by atoms with Crippen LogP contribution in [-0.2, 0) is 4.79 Å². The number of aliphatic carboxylic acids is 1. The van der Waals surface area contributed by atoms with Gasteiger partial charge in [0.2, 0.25) is 0 Å². The average molecular weight is 204 g/mol. The monoisotopic (exact) mass is 204 g/mol. The lowest BCUT2D eigenvalue weighted by Gasteiger charge is -2.06. The fourth-order valence-electron chi connectivity index (χ4n) is 1.40. The van der Waals surface area contributed by atoms with Crippen molar-refractivity contribution in [2.24, 2.45) is 0 Å². The molecule has 2 nitrogen and oxygen atoms in total. The zero-order valence-electron chi connectivity index (χ0n) is 9.32. The summed E-state index contributed by atoms with van der Waals surface area (Å²) in [5.41, 5.74) is 3.00. The smallest absolute Gasteiger partial charge is 0.328 e. The molecule has 0 aliphatic rings. The van der Waals surface area contributed by atoms with Crippen molar-refractivity contribution in [1.82, 2.24) is 0 Å². The molecule has 0 saturated carbocycles. The third-order valence-electron chi connectivity index (χ3n) is 2.37. The molecular weight excluding hydrogens is 188 g/mol. The number of carboxylic acid groups (broad SMARTS) is 1. The van der Waals surface area contributed by atoms with E-state index in [1.165, 1.54) is 11.6 Å². The van der Waals surface area contributed by atoms with Gasteiger partial charge in [0.25, 0.3) is 0 Å². The minimum atomic E-state index is -0.902. The van der Waals surface area contributed by atoms with E-state index in [0.717, 1.165) is 11.1 Å². The fourth-order valence-corrected chi connectivity index (χ4v) is 1.40. The van der Waals surface area contributed by atoms with Gasteiger partial charge in [-0.2, -0.15) is 0 Å². The summed E-state index contributed by atoms with van der Waals surface area (Å²) < 4.78 is 0. The normalized spacial score (nSPS) is 11.9. The largest absolute Gasteiger partial charge is 0.478 e. The lowest BCUT2D eigenvalue weighted by Crippen LogP contribution is -1.91. The van der Waals surface area contributed by atoms with E-state index in [2.05, 4.69) is 13.8 Å². The minimum absolute atomic E-state index is 0.503. The summed E-state index contributed by atoms with van der Waals surface area (Å²) in [6.07, 6.45) is 1.23. The predicted molar refractivity (Wildman–Crippen MR) is 61.8 cm³/mol. The topological polar surface area (TPSA) is 37.3 Å². The Kier molecular flexibility index (Phi) is 3.67. The first-order valence-electron chi connectivity index (χ1n) is 5.02. The Morgan fingerprint density at radius 1 is 1.27 bits per heavy atom. The molecule has 0 aliphatic carbocycles. The van der Waals surface area contributed by atoms with E-state index in [-0.39, 0.29) is 0 Å². The third-order valence-corrected chi connectivity index (χ3v) is 2.37. The molecule has 15 heavy (non-hydrogen) atoms. The van der Waals surface area contributed by atoms with Gasteiger partial charge in [-0.3, -0.25) is 0 Å². The van der Waals surface area contributed by atoms with Gasteiger partial charge in [0.15, 0.2) is 0 Å². The van der Waals surface area contributed by atoms with E-state index in [1.807, 2.05) is 24.3 Å². The van der Waals surface area contributed by atoms with Crippen LogP contribution in [0.3, 0.4) is 0 Å². The summed E-state index contributed by atoms with van der Waals surface area (Å²) in [4.78, 5) is 10.5. The molecule has 0 amide bonds. The van der Waals surface area contributed by atoms with E-state index < -0.39 is 5.97 Å². The Bertz CT molecular complexity index is 372. The number of hydrogen-bond acceptors (Lipinski definition) is 1. The van der Waals surface area contributed by atoms with Crippen molar-refractivity contribution in [3.8, 4) is 0 Å². The summed E-state index contributed by atoms with van der Waals surface area (Å²) in [7, 11) is 0. The molecule has 0 aliphatic heterocycles. The highest BCUT2D eigenvalue weighted by Crippen LogP contribution is 2.18. The van der Waals surface area contributed by atoms with Gasteiger partial charge in [-0.05, 0) is 29.5 Å². The van der Waals surface area contributed by atoms with Crippen LogP contribution in [0.2, 0.25) is 0 Å². The molecule has 1 rings (SSSR count). The number of allylic oxidation sites excluding steroid dienone is 1. The van der Waals surface area contributed by atoms with Gasteiger partial charge in [-0.25, -0.2) is 4.79 Å². The van der Waals surface area contributed by atoms with Crippen molar-refractivity contribution < 1.29 is 9.90 Å². The molecule has 1 aromatic carbocycles. The Morgan fingerprint density at radius 3 is 2.20 bits per heavy atom. The Hall–Kier alpha value is -1.57. The van der Waals surface area contributed by atoms with Crippen LogP contribution in [0, 0.1) is 0 Å². The van der Waals surface area contributed by atoms with E-state index in [0.29, 0.717) is 5.92 Å². The maximum Gasteiger partial charge on any atom is 0.328 e. The highest BCUT2D eigenvalue weighted by atomic mass is 16.4. The summed E-state index contributed by atoms with van der Waals surface area (Å²) >= 11 is 0. The molecule has 0 heterocycles. The van der Waals surface area contributed by atoms with E-state index in [1.54, 1.807) is 6.92 Å². The van der Waals surface area contributed by atoms with Crippen molar-refractivity contribution in [2.45, 2.75) is 26.7 Å². The molecule has 1 N–H and O–H groups in total. The predicted octanol–water partition coefficient (Wildman–Crippen LogP) is 3.30. The second-order valence-corrected chi connectivity index (χ2v) is 3.94. The van der Waals surface area contributed by atoms with E-state index in [4.69, 9.17) is 5.11 Å². The molecule has 0 saturated heterocycles. The molecule has 0 spiro atoms. The Balaban J connectivity index is 2.94. The number of carboxylic acids is 1. The van der Waals surface area contributed by atoms with Crippen LogP contribution < -0.4 is 0 Å². The summed E-state index contributed by atoms with van der Waals surface area (Å²) in [6.45, 7) is 6.07. The van der Waals surface area contributed by atoms with Gasteiger partial charge in [0.05, 0.1) is 0 Å². The van der Waals surface area contributed by atoms with Crippen molar-refractivity contribution in [3.05, 3.63) is 41.5 Å². The molecule has 80 valence electrons. The number of carbonyl (C=O) groups is 1. The quantitative estimate of drug-likeness (QED) is 0.767. The van der Waals surface area contributed by atoms with Crippen LogP contribution >= 0.6 is 0 Å². The van der Waals surface area contributed by atoms with Gasteiger partial charge in [-0.15, -0.1) is 0 Å². The van der Waals surface area contributed by atoms with Gasteiger partial charge >= 0.3 is 5.97 Å². The van der Waals surface area contributed by atoms with Gasteiger partial charge in [0, 0.05) is 6.08 Å². The van der Waals surface area contributed by atoms with Crippen molar-refractivity contribution in [3.63, 3.8) is 0 Å². The fraction of sp³-hybridized carbons (Fsp3) is 0.308. The molecule has 1 aromatic rings. The molecule has 0 fully saturated rings. The Morgan fingerprint density at radius 2 is 1.80 bits per heavy atom. The lowest BCUT2D eigenvalue weighted by molar-refractivity contribution is -0.131. The number of hydrogen-bond donors (Lipinski definition) is 1. The molecule has 2 heteroatoms. The van der Waals surface area contributed by atoms with Crippen LogP contribution in [-0.4, -0.2) is 11.1 Å². The molecule has 0 bridgehead atoms. The maximum absolute atomic E-state index is 10.5. The van der Waals surface area contributed by atoms with Crippen molar-refractivity contribution >= 4 is 11.5 Å². The lowest BCUT2D eigenvalue weighted by atomic mass is 9.99. The van der Waals surface area contributed by atoms with Crippen LogP contribution in [0.5, 0.6) is 0 Å². The highest BCUT2D eigenvalue weighted by molar-refractivity contribution is 5.89. The first-order valence-corrected chi connectivity index (χ1v) is 5.02. The molecular formula is C13H16O2. The van der Waals surface area contributed by atoms with Crippen LogP contribution in [0.1, 0.15) is 37.8 Å². The highest BCUT2D eigenvalue weighted by Gasteiger charge is 2.01. The summed E-state index contributed by atoms with van der Waals surface area (Å²) in [5.74, 6) is -0.400. The van der Waals surface area contributed by atoms with E-state index >= 15 is 0 Å². The molecule has 0 unspecified atom stereocenters. The second-order valence-electron chi connectivity index (χ2n) is 3.94. The minimum Gasteiger partial charge on any atom is -0.478 e. The van der Waals surface area contributed by atoms with Crippen molar-refractivity contribution in [2.75, 3.05) is 0 Å².